The number of hydrogen-bond donors (Lipinski definition) is 0. The SMILES string of the molecule is C1=CCC(c2ccccc2P(C2CCCCC2)C2CCCCC2)C=C1. The summed E-state index contributed by atoms with van der Waals surface area (Å²) in [6.45, 7) is 0. The van der Waals surface area contributed by atoms with Crippen LogP contribution in [-0.4, -0.2) is 11.3 Å². The van der Waals surface area contributed by atoms with Crippen molar-refractivity contribution in [3.63, 3.8) is 0 Å². The lowest BCUT2D eigenvalue weighted by Crippen LogP contribution is -2.28. The van der Waals surface area contributed by atoms with Crippen molar-refractivity contribution in [2.45, 2.75) is 87.9 Å². The Morgan fingerprint density at radius 1 is 0.720 bits per heavy atom. The van der Waals surface area contributed by atoms with Crippen LogP contribution in [0.2, 0.25) is 0 Å². The van der Waals surface area contributed by atoms with E-state index in [1.54, 1.807) is 10.9 Å². The summed E-state index contributed by atoms with van der Waals surface area (Å²) in [5, 5.41) is 1.78. The molecule has 0 saturated heterocycles. The van der Waals surface area contributed by atoms with Gasteiger partial charge >= 0.3 is 0 Å². The average Bonchev–Trinajstić information content (AvgIpc) is 2.71. The predicted molar refractivity (Wildman–Crippen MR) is 112 cm³/mol. The Labute approximate surface area is 155 Å². The van der Waals surface area contributed by atoms with Gasteiger partial charge in [-0.2, -0.15) is 0 Å². The summed E-state index contributed by atoms with van der Waals surface area (Å²) in [5.74, 6) is 0.610. The van der Waals surface area contributed by atoms with Crippen LogP contribution >= 0.6 is 7.92 Å². The Morgan fingerprint density at radius 3 is 1.96 bits per heavy atom. The van der Waals surface area contributed by atoms with Gasteiger partial charge in [-0.3, -0.25) is 0 Å². The van der Waals surface area contributed by atoms with Crippen molar-refractivity contribution in [2.24, 2.45) is 0 Å². The standard InChI is InChI=1S/C24H33P/c1-4-12-20(13-5-1)23-18-10-11-19-24(23)25(21-14-6-2-7-15-21)22-16-8-3-9-17-22/h1,4-5,10-12,18-22H,2-3,6-9,13-17H2. The first kappa shape index (κ1) is 17.5. The number of allylic oxidation sites excluding steroid dienone is 4. The van der Waals surface area contributed by atoms with Crippen LogP contribution in [0.4, 0.5) is 0 Å². The van der Waals surface area contributed by atoms with Crippen LogP contribution < -0.4 is 5.30 Å². The van der Waals surface area contributed by atoms with Crippen molar-refractivity contribution in [1.82, 2.24) is 0 Å². The topological polar surface area (TPSA) is 0 Å². The maximum absolute atomic E-state index is 2.52. The van der Waals surface area contributed by atoms with Crippen LogP contribution in [-0.2, 0) is 0 Å². The summed E-state index contributed by atoms with van der Waals surface area (Å²) in [5.41, 5.74) is 3.65. The average molecular weight is 353 g/mol. The second-order valence-electron chi connectivity index (χ2n) is 8.21. The highest BCUT2D eigenvalue weighted by atomic mass is 31.1. The molecule has 3 aliphatic carbocycles. The minimum atomic E-state index is 0.00432. The molecule has 0 bridgehead atoms. The highest BCUT2D eigenvalue weighted by Crippen LogP contribution is 2.56. The second kappa shape index (κ2) is 8.68. The summed E-state index contributed by atoms with van der Waals surface area (Å²) >= 11 is 0. The van der Waals surface area contributed by atoms with Crippen molar-refractivity contribution in [2.75, 3.05) is 0 Å². The van der Waals surface area contributed by atoms with Gasteiger partial charge in [0.15, 0.2) is 0 Å². The van der Waals surface area contributed by atoms with Gasteiger partial charge in [0, 0.05) is 5.92 Å². The maximum atomic E-state index is 2.52. The summed E-state index contributed by atoms with van der Waals surface area (Å²) in [4.78, 5) is 0. The first-order valence-electron chi connectivity index (χ1n) is 10.6. The zero-order valence-corrected chi connectivity index (χ0v) is 16.5. The third kappa shape index (κ3) is 4.11. The van der Waals surface area contributed by atoms with Gasteiger partial charge in [-0.25, -0.2) is 0 Å². The van der Waals surface area contributed by atoms with Gasteiger partial charge in [0.1, 0.15) is 0 Å². The molecule has 1 aromatic rings. The number of rotatable bonds is 4. The molecule has 2 saturated carbocycles. The van der Waals surface area contributed by atoms with E-state index in [9.17, 15) is 0 Å². The first-order chi connectivity index (χ1) is 12.4. The molecule has 0 aromatic heterocycles. The Morgan fingerprint density at radius 2 is 1.36 bits per heavy atom. The Balaban J connectivity index is 1.68. The third-order valence-corrected chi connectivity index (χ3v) is 10.1. The Kier molecular flexibility index (Phi) is 6.09. The van der Waals surface area contributed by atoms with E-state index < -0.39 is 0 Å². The molecular formula is C24H33P. The minimum absolute atomic E-state index is 0.00432. The number of benzene rings is 1. The van der Waals surface area contributed by atoms with Crippen LogP contribution in [0, 0.1) is 0 Å². The van der Waals surface area contributed by atoms with E-state index in [1.165, 1.54) is 70.6 Å². The Hall–Kier alpha value is -0.870. The van der Waals surface area contributed by atoms with Gasteiger partial charge in [-0.15, -0.1) is 0 Å². The summed E-state index contributed by atoms with van der Waals surface area (Å²) in [6.07, 6.45) is 25.3. The molecular weight excluding hydrogens is 319 g/mol. The van der Waals surface area contributed by atoms with Crippen LogP contribution in [0.5, 0.6) is 0 Å². The number of hydrogen-bond acceptors (Lipinski definition) is 0. The van der Waals surface area contributed by atoms with Crippen LogP contribution in [0.1, 0.15) is 82.1 Å². The summed E-state index contributed by atoms with van der Waals surface area (Å²) in [6, 6.07) is 9.57. The molecule has 25 heavy (non-hydrogen) atoms. The normalized spacial score (nSPS) is 25.6. The van der Waals surface area contributed by atoms with E-state index in [4.69, 9.17) is 0 Å². The largest absolute Gasteiger partial charge is 0.0836 e. The van der Waals surface area contributed by atoms with E-state index in [1.807, 2.05) is 0 Å². The quantitative estimate of drug-likeness (QED) is 0.509. The first-order valence-corrected chi connectivity index (χ1v) is 12.1. The third-order valence-electron chi connectivity index (χ3n) is 6.53. The highest BCUT2D eigenvalue weighted by Gasteiger charge is 2.34. The van der Waals surface area contributed by atoms with Crippen molar-refractivity contribution < 1.29 is 0 Å². The van der Waals surface area contributed by atoms with E-state index in [-0.39, 0.29) is 7.92 Å². The molecule has 4 rings (SSSR count). The molecule has 0 heterocycles. The fourth-order valence-electron chi connectivity index (χ4n) is 5.26. The zero-order chi connectivity index (χ0) is 16.9. The molecule has 1 atom stereocenters. The molecule has 2 fully saturated rings. The van der Waals surface area contributed by atoms with Crippen molar-refractivity contribution in [3.8, 4) is 0 Å². The lowest BCUT2D eigenvalue weighted by Gasteiger charge is -2.40. The predicted octanol–water partition coefficient (Wildman–Crippen LogP) is 7.06. The van der Waals surface area contributed by atoms with Crippen LogP contribution in [0.25, 0.3) is 0 Å². The lowest BCUT2D eigenvalue weighted by atomic mass is 9.92. The van der Waals surface area contributed by atoms with E-state index in [0.29, 0.717) is 5.92 Å². The minimum Gasteiger partial charge on any atom is -0.0836 e. The molecule has 1 aromatic carbocycles. The smallest absolute Gasteiger partial charge is 0.00620 e. The fraction of sp³-hybridized carbons (Fsp3) is 0.583. The van der Waals surface area contributed by atoms with Gasteiger partial charge in [-0.1, -0.05) is 95.0 Å². The van der Waals surface area contributed by atoms with Crippen molar-refractivity contribution in [1.29, 1.82) is 0 Å². The van der Waals surface area contributed by atoms with E-state index >= 15 is 0 Å². The molecule has 0 spiro atoms. The molecule has 0 amide bonds. The monoisotopic (exact) mass is 352 g/mol. The Bertz CT molecular complexity index is 584. The summed E-state index contributed by atoms with van der Waals surface area (Å²) < 4.78 is 0. The van der Waals surface area contributed by atoms with E-state index in [0.717, 1.165) is 11.3 Å². The molecule has 1 heteroatoms. The van der Waals surface area contributed by atoms with Gasteiger partial charge in [0.05, 0.1) is 0 Å². The van der Waals surface area contributed by atoms with Crippen LogP contribution in [0.15, 0.2) is 48.6 Å². The summed E-state index contributed by atoms with van der Waals surface area (Å²) in [7, 11) is 0.00432. The van der Waals surface area contributed by atoms with Gasteiger partial charge in [0.25, 0.3) is 0 Å². The molecule has 0 nitrogen and oxygen atoms in total. The van der Waals surface area contributed by atoms with Crippen molar-refractivity contribution >= 4 is 13.2 Å². The zero-order valence-electron chi connectivity index (χ0n) is 15.6. The molecule has 1 unspecified atom stereocenters. The van der Waals surface area contributed by atoms with Gasteiger partial charge < -0.3 is 0 Å². The molecule has 0 aliphatic heterocycles. The van der Waals surface area contributed by atoms with Gasteiger partial charge in [-0.05, 0) is 54.3 Å². The highest BCUT2D eigenvalue weighted by molar-refractivity contribution is 7.67. The van der Waals surface area contributed by atoms with E-state index in [2.05, 4.69) is 48.6 Å². The van der Waals surface area contributed by atoms with Gasteiger partial charge in [0.2, 0.25) is 0 Å². The fourth-order valence-corrected chi connectivity index (χ4v) is 9.28. The molecule has 0 N–H and O–H groups in total. The van der Waals surface area contributed by atoms with Crippen LogP contribution in [0.3, 0.4) is 0 Å². The molecule has 3 aliphatic rings. The van der Waals surface area contributed by atoms with Crippen molar-refractivity contribution in [3.05, 3.63) is 54.1 Å². The second-order valence-corrected chi connectivity index (χ2v) is 11.0. The maximum Gasteiger partial charge on any atom is 0.00620 e. The lowest BCUT2D eigenvalue weighted by molar-refractivity contribution is 0.487. The molecule has 0 radical (unpaired) electrons. The molecule has 134 valence electrons.